The quantitative estimate of drug-likeness (QED) is 0.302. The van der Waals surface area contributed by atoms with Gasteiger partial charge in [-0.15, -0.1) is 0 Å². The zero-order chi connectivity index (χ0) is 9.50. The lowest BCUT2D eigenvalue weighted by atomic mass is 10.5. The number of hydrogen-bond donors (Lipinski definition) is 0. The van der Waals surface area contributed by atoms with Crippen LogP contribution in [0.2, 0.25) is 0 Å². The van der Waals surface area contributed by atoms with Gasteiger partial charge in [0.1, 0.15) is 0 Å². The van der Waals surface area contributed by atoms with E-state index in [2.05, 4.69) is 47.8 Å². The van der Waals surface area contributed by atoms with Crippen molar-refractivity contribution in [2.24, 2.45) is 0 Å². The van der Waals surface area contributed by atoms with Crippen molar-refractivity contribution in [3.63, 3.8) is 0 Å². The van der Waals surface area contributed by atoms with E-state index in [-0.39, 0.29) is 0 Å². The smallest absolute Gasteiger partial charge is 0.168 e. The maximum atomic E-state index is 12.2. The standard InChI is InChI=1S/C3Br3F3I2/c4-1(10,2(5,6)11)3(7,8)9. The van der Waals surface area contributed by atoms with E-state index in [1.807, 2.05) is 0 Å². The first-order chi connectivity index (χ1) is 4.50. The summed E-state index contributed by atoms with van der Waals surface area (Å²) in [5, 5.41) is 0. The highest BCUT2D eigenvalue weighted by molar-refractivity contribution is 14.1. The Morgan fingerprint density at radius 3 is 1.18 bits per heavy atom. The average Bonchev–Trinajstić information content (AvgIpc) is 1.58. The van der Waals surface area contributed by atoms with E-state index in [1.165, 1.54) is 22.6 Å². The molecule has 0 rings (SSSR count). The average molecular weight is 587 g/mol. The van der Waals surface area contributed by atoms with Gasteiger partial charge in [-0.1, -0.05) is 93.0 Å². The van der Waals surface area contributed by atoms with E-state index in [4.69, 9.17) is 0 Å². The molecule has 1 unspecified atom stereocenters. The molecule has 68 valence electrons. The summed E-state index contributed by atoms with van der Waals surface area (Å²) in [4.78, 5) is 0. The van der Waals surface area contributed by atoms with Crippen molar-refractivity contribution in [3.05, 3.63) is 0 Å². The molecule has 0 amide bonds. The van der Waals surface area contributed by atoms with Crippen LogP contribution < -0.4 is 0 Å². The molecule has 11 heavy (non-hydrogen) atoms. The minimum atomic E-state index is -4.32. The van der Waals surface area contributed by atoms with Gasteiger partial charge < -0.3 is 0 Å². The Hall–Kier alpha value is 2.69. The second-order valence-corrected chi connectivity index (χ2v) is 13.9. The molecule has 0 nitrogen and oxygen atoms in total. The summed E-state index contributed by atoms with van der Waals surface area (Å²) in [5.74, 6) is 0. The van der Waals surface area contributed by atoms with Gasteiger partial charge in [0.05, 0.1) is 0 Å². The number of alkyl halides is 8. The predicted octanol–water partition coefficient (Wildman–Crippen LogP) is 4.95. The van der Waals surface area contributed by atoms with Crippen molar-refractivity contribution < 1.29 is 13.2 Å². The molecule has 0 saturated carbocycles. The van der Waals surface area contributed by atoms with Crippen LogP contribution in [0, 0.1) is 0 Å². The van der Waals surface area contributed by atoms with E-state index in [9.17, 15) is 13.2 Å². The fourth-order valence-electron chi connectivity index (χ4n) is 0.161. The van der Waals surface area contributed by atoms with Crippen LogP contribution in [0.1, 0.15) is 0 Å². The summed E-state index contributed by atoms with van der Waals surface area (Å²) >= 11 is 11.2. The van der Waals surface area contributed by atoms with Gasteiger partial charge >= 0.3 is 6.18 Å². The Morgan fingerprint density at radius 1 is 0.909 bits per heavy atom. The molecular weight excluding hydrogens is 587 g/mol. The summed E-state index contributed by atoms with van der Waals surface area (Å²) in [5.41, 5.74) is 0. The van der Waals surface area contributed by atoms with Crippen molar-refractivity contribution >= 4 is 93.0 Å². The number of hydrogen-bond acceptors (Lipinski definition) is 0. The topological polar surface area (TPSA) is 0 Å². The fraction of sp³-hybridized carbons (Fsp3) is 1.00. The summed E-state index contributed by atoms with van der Waals surface area (Å²) in [6.07, 6.45) is -4.32. The molecule has 8 heteroatoms. The third-order valence-electron chi connectivity index (χ3n) is 0.712. The summed E-state index contributed by atoms with van der Waals surface area (Å²) in [6.45, 7) is 0. The normalized spacial score (nSPS) is 19.6. The van der Waals surface area contributed by atoms with Crippen molar-refractivity contribution in [3.8, 4) is 0 Å². The van der Waals surface area contributed by atoms with Crippen LogP contribution in [-0.4, -0.2) is 9.75 Å². The highest BCUT2D eigenvalue weighted by Crippen LogP contribution is 2.60. The molecule has 0 bridgehead atoms. The fourth-order valence-corrected chi connectivity index (χ4v) is 0.916. The zero-order valence-electron chi connectivity index (χ0n) is 4.52. The lowest BCUT2D eigenvalue weighted by Crippen LogP contribution is -2.43. The Morgan fingerprint density at radius 2 is 1.18 bits per heavy atom. The Labute approximate surface area is 114 Å². The molecule has 0 fully saturated rings. The van der Waals surface area contributed by atoms with Crippen molar-refractivity contribution in [2.45, 2.75) is 9.75 Å². The highest BCUT2D eigenvalue weighted by atomic mass is 127. The molecule has 1 atom stereocenters. The third-order valence-corrected chi connectivity index (χ3v) is 9.50. The lowest BCUT2D eigenvalue weighted by molar-refractivity contribution is -0.128. The molecule has 0 heterocycles. The van der Waals surface area contributed by atoms with Gasteiger partial charge in [-0.3, -0.25) is 0 Å². The second-order valence-electron chi connectivity index (χ2n) is 1.57. The lowest BCUT2D eigenvalue weighted by Gasteiger charge is -2.31. The molecular formula is C3Br3F3I2. The summed E-state index contributed by atoms with van der Waals surface area (Å²) in [7, 11) is 0. The van der Waals surface area contributed by atoms with Crippen LogP contribution >= 0.6 is 93.0 Å². The van der Waals surface area contributed by atoms with Gasteiger partial charge in [-0.05, 0) is 0 Å². The molecule has 0 N–H and O–H groups in total. The van der Waals surface area contributed by atoms with Gasteiger partial charge in [-0.2, -0.15) is 13.2 Å². The van der Waals surface area contributed by atoms with E-state index < -0.39 is 9.75 Å². The Bertz CT molecular complexity index is 133. The number of halogens is 8. The van der Waals surface area contributed by atoms with Crippen LogP contribution in [0.15, 0.2) is 0 Å². The summed E-state index contributed by atoms with van der Waals surface area (Å²) in [6, 6.07) is 0. The molecule has 0 aliphatic rings. The highest BCUT2D eigenvalue weighted by Gasteiger charge is 2.61. The second kappa shape index (κ2) is 4.05. The maximum Gasteiger partial charge on any atom is 0.415 e. The van der Waals surface area contributed by atoms with Crippen LogP contribution in [0.3, 0.4) is 0 Å². The van der Waals surface area contributed by atoms with Gasteiger partial charge in [0.2, 0.25) is 2.33 Å². The van der Waals surface area contributed by atoms with Crippen LogP contribution in [0.5, 0.6) is 0 Å². The van der Waals surface area contributed by atoms with Crippen molar-refractivity contribution in [2.75, 3.05) is 0 Å². The predicted molar refractivity (Wildman–Crippen MR) is 66.3 cm³/mol. The first-order valence-electron chi connectivity index (χ1n) is 2.01. The first kappa shape index (κ1) is 13.7. The SMILES string of the molecule is FC(F)(F)C(Br)(I)C(Br)(Br)I. The molecule has 0 aromatic heterocycles. The zero-order valence-corrected chi connectivity index (χ0v) is 13.6. The largest absolute Gasteiger partial charge is 0.415 e. The minimum absolute atomic E-state index is 1.25. The molecule has 0 aliphatic carbocycles. The van der Waals surface area contributed by atoms with E-state index in [1.54, 1.807) is 22.6 Å². The van der Waals surface area contributed by atoms with Crippen LogP contribution in [0.25, 0.3) is 0 Å². The molecule has 0 saturated heterocycles. The first-order valence-corrected chi connectivity index (χ1v) is 6.55. The summed E-state index contributed by atoms with van der Waals surface area (Å²) < 4.78 is 33.4. The van der Waals surface area contributed by atoms with Crippen LogP contribution in [-0.2, 0) is 0 Å². The third kappa shape index (κ3) is 3.39. The molecule has 0 radical (unpaired) electrons. The van der Waals surface area contributed by atoms with Crippen molar-refractivity contribution in [1.29, 1.82) is 0 Å². The molecule has 0 aliphatic heterocycles. The molecule has 0 aromatic carbocycles. The Kier molecular flexibility index (Phi) is 5.04. The van der Waals surface area contributed by atoms with E-state index >= 15 is 0 Å². The Balaban J connectivity index is 4.75. The number of rotatable bonds is 1. The van der Waals surface area contributed by atoms with Crippen LogP contribution in [0.4, 0.5) is 13.2 Å². The molecule has 0 spiro atoms. The minimum Gasteiger partial charge on any atom is -0.168 e. The van der Waals surface area contributed by atoms with Gasteiger partial charge in [-0.25, -0.2) is 0 Å². The van der Waals surface area contributed by atoms with E-state index in [0.717, 1.165) is 0 Å². The van der Waals surface area contributed by atoms with Gasteiger partial charge in [0.15, 0.2) is 1.24 Å². The van der Waals surface area contributed by atoms with E-state index in [0.29, 0.717) is 0 Å². The van der Waals surface area contributed by atoms with Gasteiger partial charge in [0, 0.05) is 0 Å². The maximum absolute atomic E-state index is 12.2. The monoisotopic (exact) mass is 584 g/mol. The van der Waals surface area contributed by atoms with Gasteiger partial charge in [0.25, 0.3) is 0 Å². The molecule has 0 aromatic rings. The van der Waals surface area contributed by atoms with Crippen molar-refractivity contribution in [1.82, 2.24) is 0 Å².